The fourth-order valence-corrected chi connectivity index (χ4v) is 11.5. The largest absolute Gasteiger partial charge is 0.310 e. The molecule has 12 aromatic carbocycles. The molecule has 0 radical (unpaired) electrons. The molecule has 0 amide bonds. The number of nitrogens with zero attached hydrogens (tertiary/aromatic N) is 1. The first-order valence-corrected chi connectivity index (χ1v) is 24.0. The number of benzene rings is 12. The van der Waals surface area contributed by atoms with Crippen LogP contribution in [0.3, 0.4) is 0 Å². The van der Waals surface area contributed by atoms with Gasteiger partial charge >= 0.3 is 0 Å². The fourth-order valence-electron chi connectivity index (χ4n) is 11.5. The van der Waals surface area contributed by atoms with E-state index in [4.69, 9.17) is 0 Å². The van der Waals surface area contributed by atoms with E-state index in [1.165, 1.54) is 99.1 Å². The topological polar surface area (TPSA) is 3.24 Å². The van der Waals surface area contributed by atoms with Crippen molar-refractivity contribution in [3.8, 4) is 55.6 Å². The van der Waals surface area contributed by atoms with Gasteiger partial charge in [0.2, 0.25) is 0 Å². The summed E-state index contributed by atoms with van der Waals surface area (Å²) in [6.07, 6.45) is 0. The summed E-state index contributed by atoms with van der Waals surface area (Å²) in [5.74, 6) is 0. The van der Waals surface area contributed by atoms with Crippen molar-refractivity contribution < 1.29 is 0 Å². The second kappa shape index (κ2) is 16.5. The lowest BCUT2D eigenvalue weighted by molar-refractivity contribution is 0.714. The summed E-state index contributed by atoms with van der Waals surface area (Å²) in [5, 5.41) is 7.40. The zero-order chi connectivity index (χ0) is 45.9. The van der Waals surface area contributed by atoms with Crippen molar-refractivity contribution in [2.75, 3.05) is 4.90 Å². The van der Waals surface area contributed by atoms with Gasteiger partial charge in [0, 0.05) is 22.2 Å². The van der Waals surface area contributed by atoms with E-state index < -0.39 is 0 Å². The SMILES string of the molecule is CC1(c2ccccc2)c2ccccc2-c2cc(N(c3cccc(-c4ccc5c(c4)c(-c4ccccc4)c(-c4ccccc4)c4ccccc45)c3)c3ccc(-c4ccccc4)c4ccccc34)ccc21. The van der Waals surface area contributed by atoms with Crippen LogP contribution in [0.1, 0.15) is 23.6 Å². The lowest BCUT2D eigenvalue weighted by Gasteiger charge is -2.30. The maximum Gasteiger partial charge on any atom is 0.0540 e. The first-order chi connectivity index (χ1) is 34.1. The van der Waals surface area contributed by atoms with Crippen LogP contribution >= 0.6 is 0 Å². The Bertz CT molecular complexity index is 3890. The highest BCUT2D eigenvalue weighted by Crippen LogP contribution is 2.54. The number of hydrogen-bond acceptors (Lipinski definition) is 1. The normalized spacial score (nSPS) is 13.9. The highest BCUT2D eigenvalue weighted by Gasteiger charge is 2.41. The maximum absolute atomic E-state index is 2.49. The third kappa shape index (κ3) is 6.61. The van der Waals surface area contributed by atoms with Gasteiger partial charge in [0.1, 0.15) is 0 Å². The summed E-state index contributed by atoms with van der Waals surface area (Å²) >= 11 is 0. The highest BCUT2D eigenvalue weighted by molar-refractivity contribution is 6.22. The molecule has 0 bridgehead atoms. The molecule has 0 spiro atoms. The molecular weight excluding hydrogens is 831 g/mol. The Morgan fingerprint density at radius 3 is 1.52 bits per heavy atom. The van der Waals surface area contributed by atoms with Gasteiger partial charge in [-0.1, -0.05) is 231 Å². The van der Waals surface area contributed by atoms with Crippen LogP contribution in [-0.4, -0.2) is 0 Å². The first kappa shape index (κ1) is 40.5. The molecule has 0 heterocycles. The maximum atomic E-state index is 2.49. The molecule has 324 valence electrons. The van der Waals surface area contributed by atoms with Crippen LogP contribution < -0.4 is 4.90 Å². The highest BCUT2D eigenvalue weighted by atomic mass is 15.1. The lowest BCUT2D eigenvalue weighted by Crippen LogP contribution is -2.22. The third-order valence-electron chi connectivity index (χ3n) is 14.7. The summed E-state index contributed by atoms with van der Waals surface area (Å²) in [6, 6.07) is 98.4. The van der Waals surface area contributed by atoms with Crippen LogP contribution in [0.4, 0.5) is 17.1 Å². The Morgan fingerprint density at radius 1 is 0.275 bits per heavy atom. The van der Waals surface area contributed by atoms with Crippen LogP contribution in [0, 0.1) is 0 Å². The second-order valence-electron chi connectivity index (χ2n) is 18.5. The zero-order valence-electron chi connectivity index (χ0n) is 38.4. The second-order valence-corrected chi connectivity index (χ2v) is 18.5. The summed E-state index contributed by atoms with van der Waals surface area (Å²) in [5.41, 5.74) is 19.2. The molecule has 1 heteroatoms. The molecule has 69 heavy (non-hydrogen) atoms. The van der Waals surface area contributed by atoms with Crippen LogP contribution in [0.2, 0.25) is 0 Å². The van der Waals surface area contributed by atoms with E-state index in [1.807, 2.05) is 0 Å². The van der Waals surface area contributed by atoms with Crippen molar-refractivity contribution in [2.45, 2.75) is 12.3 Å². The number of hydrogen-bond donors (Lipinski definition) is 0. The van der Waals surface area contributed by atoms with Gasteiger partial charge in [-0.3, -0.25) is 0 Å². The van der Waals surface area contributed by atoms with Crippen LogP contribution in [0.15, 0.2) is 267 Å². The van der Waals surface area contributed by atoms with Gasteiger partial charge < -0.3 is 4.90 Å². The average Bonchev–Trinajstić information content (AvgIpc) is 3.69. The molecule has 0 saturated carbocycles. The predicted molar refractivity (Wildman–Crippen MR) is 293 cm³/mol. The van der Waals surface area contributed by atoms with Crippen molar-refractivity contribution in [1.82, 2.24) is 0 Å². The van der Waals surface area contributed by atoms with Crippen LogP contribution in [0.25, 0.3) is 88.0 Å². The van der Waals surface area contributed by atoms with E-state index in [0.29, 0.717) is 0 Å². The first-order valence-electron chi connectivity index (χ1n) is 24.0. The fraction of sp³-hybridized carbons (Fsp3) is 0.0294. The molecule has 1 aliphatic carbocycles. The number of fused-ring (bicyclic) bond motifs is 7. The molecule has 1 unspecified atom stereocenters. The minimum atomic E-state index is -0.291. The average molecular weight is 878 g/mol. The Labute approximate surface area is 403 Å². The molecule has 0 N–H and O–H groups in total. The summed E-state index contributed by atoms with van der Waals surface area (Å²) in [7, 11) is 0. The molecule has 1 nitrogen and oxygen atoms in total. The molecule has 1 aliphatic rings. The predicted octanol–water partition coefficient (Wildman–Crippen LogP) is 18.6. The van der Waals surface area contributed by atoms with E-state index in [9.17, 15) is 0 Å². The summed E-state index contributed by atoms with van der Waals surface area (Å²) in [6.45, 7) is 2.39. The molecule has 1 atom stereocenters. The Morgan fingerprint density at radius 2 is 0.797 bits per heavy atom. The van der Waals surface area contributed by atoms with Crippen molar-refractivity contribution >= 4 is 49.4 Å². The van der Waals surface area contributed by atoms with Gasteiger partial charge in [0.15, 0.2) is 0 Å². The van der Waals surface area contributed by atoms with Gasteiger partial charge in [-0.05, 0) is 143 Å². The molecule has 0 saturated heterocycles. The van der Waals surface area contributed by atoms with Crippen LogP contribution in [0.5, 0.6) is 0 Å². The summed E-state index contributed by atoms with van der Waals surface area (Å²) < 4.78 is 0. The lowest BCUT2D eigenvalue weighted by atomic mass is 9.74. The van der Waals surface area contributed by atoms with E-state index in [1.54, 1.807) is 0 Å². The molecular formula is C68H47N. The quantitative estimate of drug-likeness (QED) is 0.138. The van der Waals surface area contributed by atoms with Gasteiger partial charge in [-0.2, -0.15) is 0 Å². The van der Waals surface area contributed by atoms with Crippen molar-refractivity contribution in [1.29, 1.82) is 0 Å². The van der Waals surface area contributed by atoms with E-state index in [0.717, 1.165) is 22.6 Å². The van der Waals surface area contributed by atoms with Gasteiger partial charge in [-0.15, -0.1) is 0 Å². The van der Waals surface area contributed by atoms with Crippen molar-refractivity contribution in [3.05, 3.63) is 284 Å². The van der Waals surface area contributed by atoms with E-state index in [2.05, 4.69) is 279 Å². The molecule has 0 fully saturated rings. The van der Waals surface area contributed by atoms with Gasteiger partial charge in [0.25, 0.3) is 0 Å². The Hall–Kier alpha value is -8.78. The molecule has 12 aromatic rings. The third-order valence-corrected chi connectivity index (χ3v) is 14.7. The smallest absolute Gasteiger partial charge is 0.0540 e. The number of rotatable bonds is 8. The number of anilines is 3. The standard InChI is InChI=1S/C68H47N/c1-68(51-28-12-5-13-29-51)63-36-19-18-33-58(63)61-45-53(38-41-64(61)68)69(65-42-40-54(46-21-6-2-7-22-46)55-31-14-16-34-59(55)65)52-30-20-27-49(43-52)50-37-39-57-56-32-15-17-35-60(56)66(47-23-8-3-9-24-47)67(62(57)44-50)48-25-10-4-11-26-48/h2-45H,1H3. The monoisotopic (exact) mass is 877 g/mol. The zero-order valence-corrected chi connectivity index (χ0v) is 38.4. The van der Waals surface area contributed by atoms with Crippen molar-refractivity contribution in [3.63, 3.8) is 0 Å². The van der Waals surface area contributed by atoms with Gasteiger partial charge in [-0.25, -0.2) is 0 Å². The molecule has 0 aliphatic heterocycles. The van der Waals surface area contributed by atoms with E-state index in [-0.39, 0.29) is 5.41 Å². The molecule has 0 aromatic heterocycles. The summed E-state index contributed by atoms with van der Waals surface area (Å²) in [4.78, 5) is 2.49. The van der Waals surface area contributed by atoms with E-state index >= 15 is 0 Å². The minimum Gasteiger partial charge on any atom is -0.310 e. The minimum absolute atomic E-state index is 0.291. The van der Waals surface area contributed by atoms with Gasteiger partial charge in [0.05, 0.1) is 5.69 Å². The van der Waals surface area contributed by atoms with Crippen LogP contribution in [-0.2, 0) is 5.41 Å². The Kier molecular flexibility index (Phi) is 9.70. The molecule has 13 rings (SSSR count). The van der Waals surface area contributed by atoms with Crippen molar-refractivity contribution in [2.24, 2.45) is 0 Å². The Balaban J connectivity index is 1.04.